The minimum absolute atomic E-state index is 0.170. The van der Waals surface area contributed by atoms with Crippen molar-refractivity contribution in [3.63, 3.8) is 0 Å². The van der Waals surface area contributed by atoms with E-state index in [1.807, 2.05) is 36.6 Å². The van der Waals surface area contributed by atoms with Crippen molar-refractivity contribution >= 4 is 23.6 Å². The van der Waals surface area contributed by atoms with E-state index < -0.39 is 6.04 Å². The fourth-order valence-electron chi connectivity index (χ4n) is 2.42. The molecule has 6 heteroatoms. The molecule has 0 radical (unpaired) electrons. The summed E-state index contributed by atoms with van der Waals surface area (Å²) in [4.78, 5) is 24.7. The number of thioether (sulfide) groups is 1. The second-order valence-electron chi connectivity index (χ2n) is 5.84. The Balaban J connectivity index is 1.92. The summed E-state index contributed by atoms with van der Waals surface area (Å²) < 4.78 is 5.09. The lowest BCUT2D eigenvalue weighted by atomic mass is 10.0. The third-order valence-corrected chi connectivity index (χ3v) is 4.57. The summed E-state index contributed by atoms with van der Waals surface area (Å²) in [6.45, 7) is 2.59. The molecule has 2 aromatic rings. The summed E-state index contributed by atoms with van der Waals surface area (Å²) in [7, 11) is 0. The molecule has 0 unspecified atom stereocenters. The lowest BCUT2D eigenvalue weighted by molar-refractivity contribution is -0.123. The minimum atomic E-state index is -0.576. The highest BCUT2D eigenvalue weighted by Crippen LogP contribution is 2.13. The van der Waals surface area contributed by atoms with Gasteiger partial charge in [0.15, 0.2) is 5.76 Å². The van der Waals surface area contributed by atoms with Crippen molar-refractivity contribution in [2.75, 3.05) is 18.6 Å². The number of nitrogens with one attached hydrogen (secondary N) is 2. The van der Waals surface area contributed by atoms with Crippen LogP contribution in [-0.4, -0.2) is 36.4 Å². The Morgan fingerprint density at radius 1 is 1.16 bits per heavy atom. The standard InChI is InChI=1S/C19H24N2O3S/c1-14(15-7-4-3-5-8-15)13-20-18(22)16(10-12-25-2)21-19(23)17-9-6-11-24-17/h3-9,11,14,16H,10,12-13H2,1-2H3,(H,20,22)(H,21,23)/t14-,16+/m0/s1. The van der Waals surface area contributed by atoms with E-state index in [0.717, 1.165) is 5.75 Å². The number of hydrogen-bond acceptors (Lipinski definition) is 4. The monoisotopic (exact) mass is 360 g/mol. The van der Waals surface area contributed by atoms with Gasteiger partial charge in [-0.2, -0.15) is 11.8 Å². The number of carbonyl (C=O) groups is 2. The fraction of sp³-hybridized carbons (Fsp3) is 0.368. The fourth-order valence-corrected chi connectivity index (χ4v) is 2.89. The summed E-state index contributed by atoms with van der Waals surface area (Å²) in [6.07, 6.45) is 3.98. The van der Waals surface area contributed by atoms with E-state index in [9.17, 15) is 9.59 Å². The summed E-state index contributed by atoms with van der Waals surface area (Å²) in [6, 6.07) is 12.7. The Morgan fingerprint density at radius 3 is 2.56 bits per heavy atom. The number of benzene rings is 1. The van der Waals surface area contributed by atoms with Crippen LogP contribution in [-0.2, 0) is 4.79 Å². The molecular weight excluding hydrogens is 336 g/mol. The first-order chi connectivity index (χ1) is 12.1. The molecular formula is C19H24N2O3S. The Bertz CT molecular complexity index is 659. The molecule has 0 aliphatic rings. The average Bonchev–Trinajstić information content (AvgIpc) is 3.18. The molecule has 1 heterocycles. The van der Waals surface area contributed by atoms with Crippen LogP contribution < -0.4 is 10.6 Å². The molecule has 1 aromatic carbocycles. The van der Waals surface area contributed by atoms with Gasteiger partial charge in [-0.25, -0.2) is 0 Å². The molecule has 2 atom stereocenters. The highest BCUT2D eigenvalue weighted by molar-refractivity contribution is 7.98. The van der Waals surface area contributed by atoms with Crippen molar-refractivity contribution in [2.24, 2.45) is 0 Å². The molecule has 2 N–H and O–H groups in total. The Hall–Kier alpha value is -2.21. The largest absolute Gasteiger partial charge is 0.459 e. The van der Waals surface area contributed by atoms with Crippen LogP contribution in [0.25, 0.3) is 0 Å². The van der Waals surface area contributed by atoms with Gasteiger partial charge in [0.1, 0.15) is 6.04 Å². The lowest BCUT2D eigenvalue weighted by Crippen LogP contribution is -2.47. The van der Waals surface area contributed by atoms with Crippen LogP contribution in [0.1, 0.15) is 35.4 Å². The molecule has 0 bridgehead atoms. The van der Waals surface area contributed by atoms with Gasteiger partial charge >= 0.3 is 0 Å². The van der Waals surface area contributed by atoms with Gasteiger partial charge in [0.2, 0.25) is 5.91 Å². The zero-order valence-corrected chi connectivity index (χ0v) is 15.3. The molecule has 0 saturated heterocycles. The van der Waals surface area contributed by atoms with Crippen LogP contribution in [0.2, 0.25) is 0 Å². The van der Waals surface area contributed by atoms with Gasteiger partial charge in [0, 0.05) is 6.54 Å². The molecule has 0 saturated carbocycles. The van der Waals surface area contributed by atoms with Crippen LogP contribution in [0.4, 0.5) is 0 Å². The van der Waals surface area contributed by atoms with E-state index in [2.05, 4.69) is 17.6 Å². The van der Waals surface area contributed by atoms with Gasteiger partial charge in [-0.05, 0) is 42.0 Å². The quantitative estimate of drug-likeness (QED) is 0.721. The first-order valence-electron chi connectivity index (χ1n) is 8.27. The molecule has 5 nitrogen and oxygen atoms in total. The maximum atomic E-state index is 12.5. The van der Waals surface area contributed by atoms with Crippen LogP contribution in [0, 0.1) is 0 Å². The number of amides is 2. The molecule has 2 rings (SSSR count). The number of hydrogen-bond donors (Lipinski definition) is 2. The zero-order valence-electron chi connectivity index (χ0n) is 14.5. The smallest absolute Gasteiger partial charge is 0.287 e. The molecule has 0 fully saturated rings. The average molecular weight is 360 g/mol. The van der Waals surface area contributed by atoms with E-state index in [4.69, 9.17) is 4.42 Å². The maximum Gasteiger partial charge on any atom is 0.287 e. The predicted octanol–water partition coefficient (Wildman–Crippen LogP) is 3.05. The topological polar surface area (TPSA) is 71.3 Å². The molecule has 2 amide bonds. The van der Waals surface area contributed by atoms with E-state index in [-0.39, 0.29) is 23.5 Å². The summed E-state index contributed by atoms with van der Waals surface area (Å²) >= 11 is 1.64. The Kier molecular flexibility index (Phi) is 7.60. The van der Waals surface area contributed by atoms with E-state index in [1.165, 1.54) is 11.8 Å². The van der Waals surface area contributed by atoms with E-state index in [0.29, 0.717) is 13.0 Å². The summed E-state index contributed by atoms with van der Waals surface area (Å²) in [5, 5.41) is 5.71. The van der Waals surface area contributed by atoms with Crippen molar-refractivity contribution in [3.8, 4) is 0 Å². The van der Waals surface area contributed by atoms with Gasteiger partial charge < -0.3 is 15.1 Å². The van der Waals surface area contributed by atoms with Crippen LogP contribution in [0.3, 0.4) is 0 Å². The highest BCUT2D eigenvalue weighted by Gasteiger charge is 2.22. The number of furan rings is 1. The normalized spacial score (nSPS) is 13.0. The maximum absolute atomic E-state index is 12.5. The van der Waals surface area contributed by atoms with Crippen molar-refractivity contribution in [3.05, 3.63) is 60.1 Å². The number of carbonyl (C=O) groups excluding carboxylic acids is 2. The first kappa shape index (κ1) is 19.1. The summed E-state index contributed by atoms with van der Waals surface area (Å²) in [5.41, 5.74) is 1.17. The van der Waals surface area contributed by atoms with Gasteiger partial charge in [-0.1, -0.05) is 37.3 Å². The van der Waals surface area contributed by atoms with Gasteiger partial charge in [-0.3, -0.25) is 9.59 Å². The first-order valence-corrected chi connectivity index (χ1v) is 9.67. The van der Waals surface area contributed by atoms with E-state index in [1.54, 1.807) is 23.9 Å². The third-order valence-electron chi connectivity index (χ3n) is 3.93. The third kappa shape index (κ3) is 5.98. The van der Waals surface area contributed by atoms with Crippen molar-refractivity contribution in [1.82, 2.24) is 10.6 Å². The van der Waals surface area contributed by atoms with Gasteiger partial charge in [-0.15, -0.1) is 0 Å². The van der Waals surface area contributed by atoms with Crippen LogP contribution in [0.5, 0.6) is 0 Å². The van der Waals surface area contributed by atoms with Crippen LogP contribution >= 0.6 is 11.8 Å². The molecule has 0 aliphatic carbocycles. The predicted molar refractivity (Wildman–Crippen MR) is 101 cm³/mol. The second kappa shape index (κ2) is 9.93. The molecule has 0 aliphatic heterocycles. The van der Waals surface area contributed by atoms with Crippen LogP contribution in [0.15, 0.2) is 53.1 Å². The van der Waals surface area contributed by atoms with E-state index >= 15 is 0 Å². The second-order valence-corrected chi connectivity index (χ2v) is 6.83. The van der Waals surface area contributed by atoms with Gasteiger partial charge in [0.25, 0.3) is 5.91 Å². The van der Waals surface area contributed by atoms with Crippen molar-refractivity contribution in [2.45, 2.75) is 25.3 Å². The Labute approximate surface area is 152 Å². The molecule has 1 aromatic heterocycles. The SMILES string of the molecule is CSCC[C@@H](NC(=O)c1ccco1)C(=O)NC[C@H](C)c1ccccc1. The number of rotatable bonds is 9. The highest BCUT2D eigenvalue weighted by atomic mass is 32.2. The zero-order chi connectivity index (χ0) is 18.1. The van der Waals surface area contributed by atoms with Gasteiger partial charge in [0.05, 0.1) is 6.26 Å². The Morgan fingerprint density at radius 2 is 1.92 bits per heavy atom. The van der Waals surface area contributed by atoms with Crippen molar-refractivity contribution in [1.29, 1.82) is 0 Å². The van der Waals surface area contributed by atoms with Crippen molar-refractivity contribution < 1.29 is 14.0 Å². The minimum Gasteiger partial charge on any atom is -0.459 e. The molecule has 0 spiro atoms. The molecule has 25 heavy (non-hydrogen) atoms. The summed E-state index contributed by atoms with van der Waals surface area (Å²) in [5.74, 6) is 0.649. The lowest BCUT2D eigenvalue weighted by Gasteiger charge is -2.19. The molecule has 134 valence electrons.